The Hall–Kier alpha value is -2.58. The Morgan fingerprint density at radius 1 is 1.30 bits per heavy atom. The van der Waals surface area contributed by atoms with Crippen LogP contribution in [-0.2, 0) is 0 Å². The van der Waals surface area contributed by atoms with Crippen LogP contribution in [0.2, 0.25) is 5.02 Å². The molecule has 1 amide bonds. The second kappa shape index (κ2) is 7.12. The molecule has 0 saturated carbocycles. The van der Waals surface area contributed by atoms with E-state index in [4.69, 9.17) is 21.6 Å². The smallest absolute Gasteiger partial charge is 0.259 e. The van der Waals surface area contributed by atoms with Gasteiger partial charge in [0.05, 0.1) is 17.2 Å². The first kappa shape index (κ1) is 16.8. The van der Waals surface area contributed by atoms with Gasteiger partial charge in [-0.05, 0) is 50.2 Å². The van der Waals surface area contributed by atoms with Gasteiger partial charge in [-0.1, -0.05) is 11.6 Å². The minimum absolute atomic E-state index is 0.112. The summed E-state index contributed by atoms with van der Waals surface area (Å²) in [7, 11) is 0. The standard InChI is InChI=1S/C17H14ClFN2O2/c1-10(2)23-16-6-3-12(18)8-14(16)17(22)21-13-4-5-15(19)11(7-13)9-20/h3-8,10H,1-2H3,(H,21,22). The fourth-order valence-corrected chi connectivity index (χ4v) is 2.10. The van der Waals surface area contributed by atoms with Crippen LogP contribution < -0.4 is 10.1 Å². The summed E-state index contributed by atoms with van der Waals surface area (Å²) in [6, 6.07) is 10.2. The average molecular weight is 333 g/mol. The molecule has 0 aliphatic rings. The maximum Gasteiger partial charge on any atom is 0.259 e. The van der Waals surface area contributed by atoms with Gasteiger partial charge in [-0.25, -0.2) is 4.39 Å². The fraction of sp³-hybridized carbons (Fsp3) is 0.176. The van der Waals surface area contributed by atoms with Crippen molar-refractivity contribution in [3.05, 3.63) is 58.4 Å². The van der Waals surface area contributed by atoms with Crippen molar-refractivity contribution in [1.82, 2.24) is 0 Å². The quantitative estimate of drug-likeness (QED) is 0.903. The lowest BCUT2D eigenvalue weighted by molar-refractivity contribution is 0.102. The molecule has 0 radical (unpaired) electrons. The van der Waals surface area contributed by atoms with E-state index in [1.54, 1.807) is 18.2 Å². The van der Waals surface area contributed by atoms with Crippen molar-refractivity contribution in [2.75, 3.05) is 5.32 Å². The zero-order chi connectivity index (χ0) is 17.0. The number of ether oxygens (including phenoxy) is 1. The second-order valence-corrected chi connectivity index (χ2v) is 5.50. The number of hydrogen-bond donors (Lipinski definition) is 1. The van der Waals surface area contributed by atoms with Gasteiger partial charge in [0.2, 0.25) is 0 Å². The minimum Gasteiger partial charge on any atom is -0.490 e. The van der Waals surface area contributed by atoms with Crippen molar-refractivity contribution in [3.8, 4) is 11.8 Å². The second-order valence-electron chi connectivity index (χ2n) is 5.07. The number of halogens is 2. The Morgan fingerprint density at radius 3 is 2.70 bits per heavy atom. The first-order valence-corrected chi connectivity index (χ1v) is 7.25. The number of rotatable bonds is 4. The minimum atomic E-state index is -0.642. The van der Waals surface area contributed by atoms with Crippen LogP contribution in [0.3, 0.4) is 0 Å². The SMILES string of the molecule is CC(C)Oc1ccc(Cl)cc1C(=O)Nc1ccc(F)c(C#N)c1. The predicted octanol–water partition coefficient (Wildman–Crippen LogP) is 4.39. The van der Waals surface area contributed by atoms with Gasteiger partial charge in [0, 0.05) is 10.7 Å². The highest BCUT2D eigenvalue weighted by atomic mass is 35.5. The number of nitrogens with one attached hydrogen (secondary N) is 1. The topological polar surface area (TPSA) is 62.1 Å². The average Bonchev–Trinajstić information content (AvgIpc) is 2.50. The Bertz CT molecular complexity index is 785. The number of carbonyl (C=O) groups is 1. The van der Waals surface area contributed by atoms with Crippen LogP contribution >= 0.6 is 11.6 Å². The monoisotopic (exact) mass is 332 g/mol. The van der Waals surface area contributed by atoms with E-state index < -0.39 is 11.7 Å². The molecule has 118 valence electrons. The molecule has 0 spiro atoms. The van der Waals surface area contributed by atoms with E-state index >= 15 is 0 Å². The van der Waals surface area contributed by atoms with Gasteiger partial charge >= 0.3 is 0 Å². The van der Waals surface area contributed by atoms with Crippen LogP contribution in [0.1, 0.15) is 29.8 Å². The first-order valence-electron chi connectivity index (χ1n) is 6.88. The normalized spacial score (nSPS) is 10.3. The molecule has 2 aromatic rings. The van der Waals surface area contributed by atoms with Crippen LogP contribution in [-0.4, -0.2) is 12.0 Å². The highest BCUT2D eigenvalue weighted by Gasteiger charge is 2.15. The summed E-state index contributed by atoms with van der Waals surface area (Å²) in [5.74, 6) is -0.708. The highest BCUT2D eigenvalue weighted by Crippen LogP contribution is 2.25. The van der Waals surface area contributed by atoms with Crippen LogP contribution in [0, 0.1) is 17.1 Å². The Labute approximate surface area is 138 Å². The van der Waals surface area contributed by atoms with Crippen molar-refractivity contribution < 1.29 is 13.9 Å². The summed E-state index contributed by atoms with van der Waals surface area (Å²) in [5.41, 5.74) is 0.421. The molecule has 0 fully saturated rings. The lowest BCUT2D eigenvalue weighted by atomic mass is 10.1. The summed E-state index contributed by atoms with van der Waals surface area (Å²) in [4.78, 5) is 12.4. The molecule has 2 aromatic carbocycles. The van der Waals surface area contributed by atoms with Crippen molar-refractivity contribution in [1.29, 1.82) is 5.26 Å². The molecule has 0 atom stereocenters. The van der Waals surface area contributed by atoms with Crippen LogP contribution in [0.25, 0.3) is 0 Å². The molecule has 4 nitrogen and oxygen atoms in total. The van der Waals surface area contributed by atoms with Crippen molar-refractivity contribution in [3.63, 3.8) is 0 Å². The molecule has 0 aromatic heterocycles. The summed E-state index contributed by atoms with van der Waals surface area (Å²) in [6.45, 7) is 3.69. The maximum absolute atomic E-state index is 13.3. The summed E-state index contributed by atoms with van der Waals surface area (Å²) >= 11 is 5.94. The first-order chi connectivity index (χ1) is 10.9. The number of nitrogens with zero attached hydrogens (tertiary/aromatic N) is 1. The number of amides is 1. The predicted molar refractivity (Wildman–Crippen MR) is 86.3 cm³/mol. The van der Waals surface area contributed by atoms with Crippen LogP contribution in [0.4, 0.5) is 10.1 Å². The summed E-state index contributed by atoms with van der Waals surface area (Å²) in [5, 5.41) is 11.8. The van der Waals surface area contributed by atoms with E-state index in [1.165, 1.54) is 18.2 Å². The third-order valence-electron chi connectivity index (χ3n) is 2.89. The van der Waals surface area contributed by atoms with Crippen molar-refractivity contribution in [2.45, 2.75) is 20.0 Å². The zero-order valence-corrected chi connectivity index (χ0v) is 13.3. The van der Waals surface area contributed by atoms with E-state index in [0.29, 0.717) is 16.5 Å². The molecule has 2 rings (SSSR count). The summed E-state index contributed by atoms with van der Waals surface area (Å²) < 4.78 is 18.9. The van der Waals surface area contributed by atoms with E-state index in [1.807, 2.05) is 13.8 Å². The molecular formula is C17H14ClFN2O2. The third kappa shape index (κ3) is 4.21. The zero-order valence-electron chi connectivity index (χ0n) is 12.6. The lowest BCUT2D eigenvalue weighted by Gasteiger charge is -2.14. The Morgan fingerprint density at radius 2 is 2.04 bits per heavy atom. The van der Waals surface area contributed by atoms with Crippen molar-refractivity contribution >= 4 is 23.2 Å². The van der Waals surface area contributed by atoms with Gasteiger partial charge in [0.25, 0.3) is 5.91 Å². The molecule has 23 heavy (non-hydrogen) atoms. The Kier molecular flexibility index (Phi) is 5.20. The van der Waals surface area contributed by atoms with E-state index in [0.717, 1.165) is 6.07 Å². The molecule has 0 unspecified atom stereocenters. The molecule has 0 heterocycles. The molecule has 0 aliphatic heterocycles. The molecule has 0 bridgehead atoms. The number of anilines is 1. The molecule has 0 saturated heterocycles. The van der Waals surface area contributed by atoms with Gasteiger partial charge in [0.15, 0.2) is 0 Å². The number of nitriles is 1. The third-order valence-corrected chi connectivity index (χ3v) is 3.13. The van der Waals surface area contributed by atoms with Crippen molar-refractivity contribution in [2.24, 2.45) is 0 Å². The molecule has 6 heteroatoms. The highest BCUT2D eigenvalue weighted by molar-refractivity contribution is 6.31. The maximum atomic E-state index is 13.3. The van der Waals surface area contributed by atoms with Gasteiger partial charge in [0.1, 0.15) is 17.6 Å². The number of hydrogen-bond acceptors (Lipinski definition) is 3. The molecule has 1 N–H and O–H groups in total. The number of carbonyl (C=O) groups excluding carboxylic acids is 1. The molecular weight excluding hydrogens is 319 g/mol. The van der Waals surface area contributed by atoms with Gasteiger partial charge < -0.3 is 10.1 Å². The van der Waals surface area contributed by atoms with E-state index in [9.17, 15) is 9.18 Å². The van der Waals surface area contributed by atoms with Crippen LogP contribution in [0.5, 0.6) is 5.75 Å². The Balaban J connectivity index is 2.30. The van der Waals surface area contributed by atoms with E-state index in [2.05, 4.69) is 5.32 Å². The fourth-order valence-electron chi connectivity index (χ4n) is 1.92. The van der Waals surface area contributed by atoms with Gasteiger partial charge in [-0.2, -0.15) is 5.26 Å². The molecule has 0 aliphatic carbocycles. The lowest BCUT2D eigenvalue weighted by Crippen LogP contribution is -2.16. The van der Waals surface area contributed by atoms with Crippen LogP contribution in [0.15, 0.2) is 36.4 Å². The van der Waals surface area contributed by atoms with E-state index in [-0.39, 0.29) is 17.2 Å². The van der Waals surface area contributed by atoms with Gasteiger partial charge in [-0.3, -0.25) is 4.79 Å². The number of benzene rings is 2. The largest absolute Gasteiger partial charge is 0.490 e. The van der Waals surface area contributed by atoms with Gasteiger partial charge in [-0.15, -0.1) is 0 Å². The summed E-state index contributed by atoms with van der Waals surface area (Å²) in [6.07, 6.45) is -0.112.